The van der Waals surface area contributed by atoms with Gasteiger partial charge in [-0.25, -0.2) is 0 Å². The second-order valence-corrected chi connectivity index (χ2v) is 6.12. The molecule has 0 aromatic heterocycles. The Balaban J connectivity index is 1.89. The van der Waals surface area contributed by atoms with Gasteiger partial charge in [-0.05, 0) is 50.5 Å². The molecule has 3 heteroatoms. The topological polar surface area (TPSA) is 52.3 Å². The van der Waals surface area contributed by atoms with E-state index in [1.165, 1.54) is 25.7 Å². The van der Waals surface area contributed by atoms with Crippen LogP contribution in [0.1, 0.15) is 58.3 Å². The molecule has 2 fully saturated rings. The first-order chi connectivity index (χ1) is 8.72. The average molecular weight is 253 g/mol. The SMILES string of the molecule is CC1CCCCC1OC(=O)C1CCCCC1CN. The van der Waals surface area contributed by atoms with E-state index in [0.717, 1.165) is 25.7 Å². The van der Waals surface area contributed by atoms with Gasteiger partial charge in [-0.3, -0.25) is 4.79 Å². The highest BCUT2D eigenvalue weighted by Crippen LogP contribution is 2.33. The molecule has 0 radical (unpaired) electrons. The highest BCUT2D eigenvalue weighted by molar-refractivity contribution is 5.73. The Labute approximate surface area is 110 Å². The summed E-state index contributed by atoms with van der Waals surface area (Å²) in [5, 5.41) is 0. The van der Waals surface area contributed by atoms with Crippen LogP contribution in [0.4, 0.5) is 0 Å². The van der Waals surface area contributed by atoms with Crippen molar-refractivity contribution in [2.45, 2.75) is 64.4 Å². The summed E-state index contributed by atoms with van der Waals surface area (Å²) in [6, 6.07) is 0. The molecule has 2 saturated carbocycles. The first-order valence-electron chi connectivity index (χ1n) is 7.63. The third kappa shape index (κ3) is 3.25. The Bertz CT molecular complexity index is 280. The van der Waals surface area contributed by atoms with Crippen molar-refractivity contribution < 1.29 is 9.53 Å². The number of hydrogen-bond donors (Lipinski definition) is 1. The van der Waals surface area contributed by atoms with Crippen LogP contribution in [0.15, 0.2) is 0 Å². The first-order valence-corrected chi connectivity index (χ1v) is 7.63. The molecule has 0 aromatic carbocycles. The summed E-state index contributed by atoms with van der Waals surface area (Å²) < 4.78 is 5.78. The predicted molar refractivity (Wildman–Crippen MR) is 72.0 cm³/mol. The highest BCUT2D eigenvalue weighted by atomic mass is 16.5. The van der Waals surface area contributed by atoms with Crippen LogP contribution in [-0.2, 0) is 9.53 Å². The van der Waals surface area contributed by atoms with E-state index in [0.29, 0.717) is 18.4 Å². The summed E-state index contributed by atoms with van der Waals surface area (Å²) in [7, 11) is 0. The fourth-order valence-corrected chi connectivity index (χ4v) is 3.49. The predicted octanol–water partition coefficient (Wildman–Crippen LogP) is 2.87. The molecule has 0 saturated heterocycles. The van der Waals surface area contributed by atoms with Gasteiger partial charge in [0.15, 0.2) is 0 Å². The van der Waals surface area contributed by atoms with Crippen LogP contribution in [0, 0.1) is 17.8 Å². The molecule has 3 nitrogen and oxygen atoms in total. The van der Waals surface area contributed by atoms with Crippen molar-refractivity contribution in [3.63, 3.8) is 0 Å². The molecule has 2 aliphatic carbocycles. The van der Waals surface area contributed by atoms with E-state index in [2.05, 4.69) is 6.92 Å². The molecule has 2 rings (SSSR count). The van der Waals surface area contributed by atoms with E-state index in [9.17, 15) is 4.79 Å². The van der Waals surface area contributed by atoms with Crippen LogP contribution < -0.4 is 5.73 Å². The molecule has 4 unspecified atom stereocenters. The summed E-state index contributed by atoms with van der Waals surface area (Å²) >= 11 is 0. The maximum atomic E-state index is 12.3. The van der Waals surface area contributed by atoms with Gasteiger partial charge in [0.2, 0.25) is 0 Å². The number of carbonyl (C=O) groups is 1. The monoisotopic (exact) mass is 253 g/mol. The van der Waals surface area contributed by atoms with E-state index >= 15 is 0 Å². The minimum Gasteiger partial charge on any atom is -0.462 e. The quantitative estimate of drug-likeness (QED) is 0.787. The molecule has 0 aromatic rings. The number of ether oxygens (including phenoxy) is 1. The van der Waals surface area contributed by atoms with Crippen molar-refractivity contribution in [2.75, 3.05) is 6.54 Å². The van der Waals surface area contributed by atoms with Gasteiger partial charge in [0.1, 0.15) is 6.10 Å². The summed E-state index contributed by atoms with van der Waals surface area (Å²) in [6.45, 7) is 2.83. The summed E-state index contributed by atoms with van der Waals surface area (Å²) in [5.74, 6) is 0.981. The Morgan fingerprint density at radius 3 is 2.50 bits per heavy atom. The van der Waals surface area contributed by atoms with Crippen molar-refractivity contribution in [3.05, 3.63) is 0 Å². The molecule has 104 valence electrons. The molecule has 4 atom stereocenters. The zero-order valence-electron chi connectivity index (χ0n) is 11.6. The molecule has 2 N–H and O–H groups in total. The normalized spacial score (nSPS) is 37.2. The minimum absolute atomic E-state index is 0.0314. The average Bonchev–Trinajstić information content (AvgIpc) is 2.41. The number of esters is 1. The van der Waals surface area contributed by atoms with Gasteiger partial charge < -0.3 is 10.5 Å². The van der Waals surface area contributed by atoms with Crippen LogP contribution in [-0.4, -0.2) is 18.6 Å². The largest absolute Gasteiger partial charge is 0.462 e. The molecular formula is C15H27NO2. The molecule has 0 bridgehead atoms. The van der Waals surface area contributed by atoms with Gasteiger partial charge in [-0.1, -0.05) is 26.2 Å². The van der Waals surface area contributed by atoms with Gasteiger partial charge in [-0.2, -0.15) is 0 Å². The van der Waals surface area contributed by atoms with Gasteiger partial charge in [0, 0.05) is 0 Å². The van der Waals surface area contributed by atoms with Gasteiger partial charge >= 0.3 is 5.97 Å². The molecule has 0 amide bonds. The molecule has 0 heterocycles. The fraction of sp³-hybridized carbons (Fsp3) is 0.933. The van der Waals surface area contributed by atoms with Gasteiger partial charge in [0.25, 0.3) is 0 Å². The van der Waals surface area contributed by atoms with Crippen LogP contribution in [0.25, 0.3) is 0 Å². The van der Waals surface area contributed by atoms with E-state index in [4.69, 9.17) is 10.5 Å². The lowest BCUT2D eigenvalue weighted by Crippen LogP contribution is -2.37. The Morgan fingerprint density at radius 2 is 1.78 bits per heavy atom. The Morgan fingerprint density at radius 1 is 1.11 bits per heavy atom. The summed E-state index contributed by atoms with van der Waals surface area (Å²) in [5.41, 5.74) is 5.78. The number of rotatable bonds is 3. The first kappa shape index (κ1) is 13.9. The lowest BCUT2D eigenvalue weighted by atomic mass is 9.79. The maximum Gasteiger partial charge on any atom is 0.309 e. The summed E-state index contributed by atoms with van der Waals surface area (Å²) in [6.07, 6.45) is 9.32. The second kappa shape index (κ2) is 6.55. The summed E-state index contributed by atoms with van der Waals surface area (Å²) in [4.78, 5) is 12.3. The van der Waals surface area contributed by atoms with Gasteiger partial charge in [0.05, 0.1) is 5.92 Å². The third-order valence-electron chi connectivity index (χ3n) is 4.81. The van der Waals surface area contributed by atoms with Crippen molar-refractivity contribution in [1.82, 2.24) is 0 Å². The number of hydrogen-bond acceptors (Lipinski definition) is 3. The lowest BCUT2D eigenvalue weighted by Gasteiger charge is -2.33. The van der Waals surface area contributed by atoms with Crippen molar-refractivity contribution >= 4 is 5.97 Å². The molecular weight excluding hydrogens is 226 g/mol. The molecule has 2 aliphatic rings. The van der Waals surface area contributed by atoms with Crippen molar-refractivity contribution in [2.24, 2.45) is 23.5 Å². The highest BCUT2D eigenvalue weighted by Gasteiger charge is 2.34. The van der Waals surface area contributed by atoms with Crippen molar-refractivity contribution in [3.8, 4) is 0 Å². The van der Waals surface area contributed by atoms with Crippen LogP contribution >= 0.6 is 0 Å². The van der Waals surface area contributed by atoms with E-state index in [1.807, 2.05) is 0 Å². The van der Waals surface area contributed by atoms with E-state index in [1.54, 1.807) is 0 Å². The van der Waals surface area contributed by atoms with Crippen LogP contribution in [0.5, 0.6) is 0 Å². The van der Waals surface area contributed by atoms with E-state index < -0.39 is 0 Å². The number of nitrogens with two attached hydrogens (primary N) is 1. The van der Waals surface area contributed by atoms with Crippen LogP contribution in [0.3, 0.4) is 0 Å². The fourth-order valence-electron chi connectivity index (χ4n) is 3.49. The third-order valence-corrected chi connectivity index (χ3v) is 4.81. The van der Waals surface area contributed by atoms with Crippen molar-refractivity contribution in [1.29, 1.82) is 0 Å². The minimum atomic E-state index is 0.0314. The zero-order chi connectivity index (χ0) is 13.0. The second-order valence-electron chi connectivity index (χ2n) is 6.12. The smallest absolute Gasteiger partial charge is 0.309 e. The lowest BCUT2D eigenvalue weighted by molar-refractivity contribution is -0.161. The number of carbonyl (C=O) groups excluding carboxylic acids is 1. The molecule has 18 heavy (non-hydrogen) atoms. The zero-order valence-corrected chi connectivity index (χ0v) is 11.6. The molecule has 0 aliphatic heterocycles. The Hall–Kier alpha value is -0.570. The molecule has 0 spiro atoms. The standard InChI is InChI=1S/C15H27NO2/c1-11-6-2-5-9-14(11)18-15(17)13-8-4-3-7-12(13)10-16/h11-14H,2-10,16H2,1H3. The maximum absolute atomic E-state index is 12.3. The van der Waals surface area contributed by atoms with Gasteiger partial charge in [-0.15, -0.1) is 0 Å². The van der Waals surface area contributed by atoms with E-state index in [-0.39, 0.29) is 18.0 Å². The Kier molecular flexibility index (Phi) is 5.04. The van der Waals surface area contributed by atoms with Crippen LogP contribution in [0.2, 0.25) is 0 Å².